The third-order valence-electron chi connectivity index (χ3n) is 4.26. The number of nitrogens with one attached hydrogen (secondary N) is 1. The molecule has 0 bridgehead atoms. The average Bonchev–Trinajstić information content (AvgIpc) is 2.61. The summed E-state index contributed by atoms with van der Waals surface area (Å²) in [5.74, 6) is -0.276. The van der Waals surface area contributed by atoms with Crippen LogP contribution in [0.5, 0.6) is 0 Å². The van der Waals surface area contributed by atoms with Gasteiger partial charge in [0, 0.05) is 12.6 Å². The molecule has 1 atom stereocenters. The van der Waals surface area contributed by atoms with Crippen molar-refractivity contribution in [2.45, 2.75) is 32.9 Å². The van der Waals surface area contributed by atoms with Crippen molar-refractivity contribution in [3.05, 3.63) is 69.8 Å². The van der Waals surface area contributed by atoms with E-state index < -0.39 is 11.0 Å². The Morgan fingerprint density at radius 3 is 2.36 bits per heavy atom. The van der Waals surface area contributed by atoms with Gasteiger partial charge < -0.3 is 5.32 Å². The molecule has 0 saturated carbocycles. The number of amides is 1. The first-order valence-corrected chi connectivity index (χ1v) is 8.24. The molecule has 2 aromatic rings. The Morgan fingerprint density at radius 1 is 1.16 bits per heavy atom. The van der Waals surface area contributed by atoms with Crippen molar-refractivity contribution in [3.63, 3.8) is 0 Å². The van der Waals surface area contributed by atoms with Gasteiger partial charge in [-0.2, -0.15) is 0 Å². The van der Waals surface area contributed by atoms with Gasteiger partial charge >= 0.3 is 0 Å². The van der Waals surface area contributed by atoms with E-state index in [0.29, 0.717) is 6.54 Å². The summed E-state index contributed by atoms with van der Waals surface area (Å²) in [5.41, 5.74) is 2.49. The number of nitro benzene ring substituents is 1. The molecule has 6 nitrogen and oxygen atoms in total. The Bertz CT molecular complexity index is 744. The van der Waals surface area contributed by atoms with Gasteiger partial charge in [0.05, 0.1) is 11.0 Å². The molecule has 0 aliphatic heterocycles. The molecule has 25 heavy (non-hydrogen) atoms. The second-order valence-electron chi connectivity index (χ2n) is 6.02. The number of anilines is 1. The van der Waals surface area contributed by atoms with Crippen molar-refractivity contribution in [2.24, 2.45) is 0 Å². The largest absolute Gasteiger partial charge is 0.319 e. The van der Waals surface area contributed by atoms with Crippen LogP contribution in [0.25, 0.3) is 0 Å². The number of likely N-dealkylation sites (N-methyl/N-ethyl adjacent to an activating group) is 1. The number of carbonyl (C=O) groups is 1. The van der Waals surface area contributed by atoms with Gasteiger partial charge in [-0.05, 0) is 37.6 Å². The Kier molecular flexibility index (Phi) is 6.25. The van der Waals surface area contributed by atoms with Crippen molar-refractivity contribution in [3.8, 4) is 0 Å². The Morgan fingerprint density at radius 2 is 1.76 bits per heavy atom. The van der Waals surface area contributed by atoms with Crippen LogP contribution >= 0.6 is 0 Å². The standard InChI is InChI=1S/C19H23N3O3/c1-4-15-9-11-16(12-10-15)13-21(3)14(2)19(23)20-17-7-5-6-8-18(17)22(24)25/h5-12,14H,4,13H2,1-3H3,(H,20,23)/t14-/m1/s1. The van der Waals surface area contributed by atoms with Gasteiger partial charge in [0.15, 0.2) is 0 Å². The molecule has 0 spiro atoms. The van der Waals surface area contributed by atoms with Crippen molar-refractivity contribution >= 4 is 17.3 Å². The molecular weight excluding hydrogens is 318 g/mol. The maximum atomic E-state index is 12.4. The molecule has 0 heterocycles. The molecule has 0 radical (unpaired) electrons. The third-order valence-corrected chi connectivity index (χ3v) is 4.26. The number of para-hydroxylation sites is 2. The van der Waals surface area contributed by atoms with Crippen LogP contribution in [-0.2, 0) is 17.8 Å². The van der Waals surface area contributed by atoms with Crippen LogP contribution in [0.15, 0.2) is 48.5 Å². The van der Waals surface area contributed by atoms with Crippen molar-refractivity contribution in [1.82, 2.24) is 4.90 Å². The summed E-state index contributed by atoms with van der Waals surface area (Å²) >= 11 is 0. The summed E-state index contributed by atoms with van der Waals surface area (Å²) in [6.07, 6.45) is 0.991. The minimum Gasteiger partial charge on any atom is -0.319 e. The van der Waals surface area contributed by atoms with Crippen LogP contribution in [0.4, 0.5) is 11.4 Å². The molecule has 0 fully saturated rings. The highest BCUT2D eigenvalue weighted by Crippen LogP contribution is 2.23. The van der Waals surface area contributed by atoms with Crippen molar-refractivity contribution in [1.29, 1.82) is 0 Å². The van der Waals surface area contributed by atoms with Gasteiger partial charge in [0.2, 0.25) is 5.91 Å². The highest BCUT2D eigenvalue weighted by molar-refractivity contribution is 5.96. The average molecular weight is 341 g/mol. The second-order valence-corrected chi connectivity index (χ2v) is 6.02. The molecule has 1 amide bonds. The first kappa shape index (κ1) is 18.6. The number of aryl methyl sites for hydroxylation is 1. The molecule has 6 heteroatoms. The number of hydrogen-bond donors (Lipinski definition) is 1. The van der Waals surface area contributed by atoms with E-state index in [2.05, 4.69) is 36.5 Å². The van der Waals surface area contributed by atoms with E-state index in [1.807, 2.05) is 11.9 Å². The van der Waals surface area contributed by atoms with Crippen molar-refractivity contribution in [2.75, 3.05) is 12.4 Å². The van der Waals surface area contributed by atoms with Gasteiger partial charge in [-0.1, -0.05) is 43.3 Å². The monoisotopic (exact) mass is 341 g/mol. The zero-order valence-corrected chi connectivity index (χ0v) is 14.7. The molecule has 0 aliphatic rings. The highest BCUT2D eigenvalue weighted by Gasteiger charge is 2.21. The molecular formula is C19H23N3O3. The predicted molar refractivity (Wildman–Crippen MR) is 98.5 cm³/mol. The van der Waals surface area contributed by atoms with Crippen molar-refractivity contribution < 1.29 is 9.72 Å². The summed E-state index contributed by atoms with van der Waals surface area (Å²) in [6.45, 7) is 4.51. The fourth-order valence-electron chi connectivity index (χ4n) is 2.48. The molecule has 1 N–H and O–H groups in total. The van der Waals surface area contributed by atoms with E-state index in [0.717, 1.165) is 12.0 Å². The smallest absolute Gasteiger partial charge is 0.292 e. The van der Waals surface area contributed by atoms with Crippen LogP contribution in [0.1, 0.15) is 25.0 Å². The SMILES string of the molecule is CCc1ccc(CN(C)[C@H](C)C(=O)Nc2ccccc2[N+](=O)[O-])cc1. The van der Waals surface area contributed by atoms with Gasteiger partial charge in [0.25, 0.3) is 5.69 Å². The minimum atomic E-state index is -0.501. The van der Waals surface area contributed by atoms with Gasteiger partial charge in [-0.3, -0.25) is 19.8 Å². The summed E-state index contributed by atoms with van der Waals surface area (Å²) in [6, 6.07) is 14.0. The fraction of sp³-hybridized carbons (Fsp3) is 0.316. The molecule has 132 valence electrons. The van der Waals surface area contributed by atoms with Gasteiger partial charge in [0.1, 0.15) is 5.69 Å². The lowest BCUT2D eigenvalue weighted by Crippen LogP contribution is -2.39. The quantitative estimate of drug-likeness (QED) is 0.616. The lowest BCUT2D eigenvalue weighted by Gasteiger charge is -2.24. The number of hydrogen-bond acceptors (Lipinski definition) is 4. The van der Waals surface area contributed by atoms with E-state index in [-0.39, 0.29) is 17.3 Å². The molecule has 0 saturated heterocycles. The molecule has 0 unspecified atom stereocenters. The lowest BCUT2D eigenvalue weighted by atomic mass is 10.1. The maximum Gasteiger partial charge on any atom is 0.292 e. The molecule has 0 aliphatic carbocycles. The van der Waals surface area contributed by atoms with E-state index in [1.54, 1.807) is 19.1 Å². The van der Waals surface area contributed by atoms with Crippen LogP contribution in [0, 0.1) is 10.1 Å². The zero-order chi connectivity index (χ0) is 18.4. The zero-order valence-electron chi connectivity index (χ0n) is 14.7. The van der Waals surface area contributed by atoms with E-state index in [1.165, 1.54) is 17.7 Å². The molecule has 0 aromatic heterocycles. The van der Waals surface area contributed by atoms with E-state index in [4.69, 9.17) is 0 Å². The minimum absolute atomic E-state index is 0.110. The third kappa shape index (κ3) is 4.87. The number of nitro groups is 1. The topological polar surface area (TPSA) is 75.5 Å². The fourth-order valence-corrected chi connectivity index (χ4v) is 2.48. The Balaban J connectivity index is 2.02. The second kappa shape index (κ2) is 8.39. The normalized spacial score (nSPS) is 12.0. The molecule has 2 rings (SSSR count). The number of rotatable bonds is 7. The van der Waals surface area contributed by atoms with Crippen LogP contribution < -0.4 is 5.32 Å². The summed E-state index contributed by atoms with van der Waals surface area (Å²) < 4.78 is 0. The summed E-state index contributed by atoms with van der Waals surface area (Å²) in [7, 11) is 1.86. The van der Waals surface area contributed by atoms with Crippen LogP contribution in [0.2, 0.25) is 0 Å². The highest BCUT2D eigenvalue weighted by atomic mass is 16.6. The maximum absolute atomic E-state index is 12.4. The number of nitrogens with zero attached hydrogens (tertiary/aromatic N) is 2. The van der Waals surface area contributed by atoms with Crippen LogP contribution in [0.3, 0.4) is 0 Å². The summed E-state index contributed by atoms with van der Waals surface area (Å²) in [4.78, 5) is 24.9. The number of benzene rings is 2. The Hall–Kier alpha value is -2.73. The first-order chi connectivity index (χ1) is 11.9. The predicted octanol–water partition coefficient (Wildman–Crippen LogP) is 3.62. The van der Waals surface area contributed by atoms with Crippen LogP contribution in [-0.4, -0.2) is 28.8 Å². The summed E-state index contributed by atoms with van der Waals surface area (Å²) in [5, 5.41) is 13.7. The van der Waals surface area contributed by atoms with Gasteiger partial charge in [-0.25, -0.2) is 0 Å². The molecule has 2 aromatic carbocycles. The number of carbonyl (C=O) groups excluding carboxylic acids is 1. The lowest BCUT2D eigenvalue weighted by molar-refractivity contribution is -0.383. The van der Waals surface area contributed by atoms with Gasteiger partial charge in [-0.15, -0.1) is 0 Å². The van der Waals surface area contributed by atoms with E-state index in [9.17, 15) is 14.9 Å². The Labute approximate surface area is 147 Å². The van der Waals surface area contributed by atoms with E-state index >= 15 is 0 Å². The first-order valence-electron chi connectivity index (χ1n) is 8.24.